The Kier molecular flexibility index (Phi) is 6.77. The van der Waals surface area contributed by atoms with E-state index in [0.29, 0.717) is 17.0 Å². The van der Waals surface area contributed by atoms with Crippen molar-refractivity contribution in [2.45, 2.75) is 24.4 Å². The topological polar surface area (TPSA) is 93.2 Å². The second-order valence-electron chi connectivity index (χ2n) is 6.84. The summed E-state index contributed by atoms with van der Waals surface area (Å²) in [5.74, 6) is -0.594. The van der Waals surface area contributed by atoms with Crippen LogP contribution in [0, 0.1) is 0 Å². The Morgan fingerprint density at radius 3 is 2.35 bits per heavy atom. The van der Waals surface area contributed by atoms with Crippen LogP contribution in [0.3, 0.4) is 0 Å². The van der Waals surface area contributed by atoms with Crippen LogP contribution in [0.15, 0.2) is 65.6 Å². The summed E-state index contributed by atoms with van der Waals surface area (Å²) in [4.78, 5) is 26.9. The number of amides is 1. The molecule has 0 fully saturated rings. The zero-order valence-electron chi connectivity index (χ0n) is 17.5. The summed E-state index contributed by atoms with van der Waals surface area (Å²) in [5, 5.41) is 0. The molecule has 1 atom stereocenters. The molecular formula is C22H24N2O6S. The zero-order valence-corrected chi connectivity index (χ0v) is 18.3. The van der Waals surface area contributed by atoms with Gasteiger partial charge < -0.3 is 14.4 Å². The van der Waals surface area contributed by atoms with Gasteiger partial charge in [-0.05, 0) is 48.9 Å². The number of carbonyl (C=O) groups excluding carboxylic acids is 2. The van der Waals surface area contributed by atoms with E-state index in [-0.39, 0.29) is 23.9 Å². The van der Waals surface area contributed by atoms with Crippen molar-refractivity contribution in [2.75, 3.05) is 25.7 Å². The minimum atomic E-state index is -4.10. The first-order chi connectivity index (χ1) is 14.8. The Hall–Kier alpha value is -3.17. The van der Waals surface area contributed by atoms with E-state index in [4.69, 9.17) is 9.47 Å². The van der Waals surface area contributed by atoms with Crippen LogP contribution in [0.25, 0.3) is 0 Å². The van der Waals surface area contributed by atoms with Gasteiger partial charge in [0.25, 0.3) is 5.91 Å². The van der Waals surface area contributed by atoms with E-state index < -0.39 is 22.0 Å². The number of carbonyl (C=O) groups is 2. The van der Waals surface area contributed by atoms with Gasteiger partial charge in [-0.3, -0.25) is 9.59 Å². The Morgan fingerprint density at radius 2 is 1.74 bits per heavy atom. The van der Waals surface area contributed by atoms with Crippen LogP contribution in [0.5, 0.6) is 5.75 Å². The van der Waals surface area contributed by atoms with Gasteiger partial charge in [0.05, 0.1) is 25.7 Å². The lowest BCUT2D eigenvalue weighted by Crippen LogP contribution is -2.50. The molecule has 0 radical (unpaired) electrons. The quantitative estimate of drug-likeness (QED) is 0.519. The highest BCUT2D eigenvalue weighted by molar-refractivity contribution is 7.89. The standard InChI is InChI=1S/C22H24N2O6S/c1-4-7-21(25)23-15-20(22(26)30-3)24(14-16-8-5-6-9-19(16)23)31(27,28)18-12-10-17(29-2)11-13-18/h4-13,20H,14-15H2,1-3H3/b7-4+. The summed E-state index contributed by atoms with van der Waals surface area (Å²) in [6.07, 6.45) is 2.97. The van der Waals surface area contributed by atoms with E-state index in [1.54, 1.807) is 37.3 Å². The van der Waals surface area contributed by atoms with E-state index >= 15 is 0 Å². The maximum Gasteiger partial charge on any atom is 0.326 e. The number of methoxy groups -OCH3 is 2. The lowest BCUT2D eigenvalue weighted by atomic mass is 10.1. The number of allylic oxidation sites excluding steroid dienone is 1. The summed E-state index contributed by atoms with van der Waals surface area (Å²) in [5.41, 5.74) is 1.15. The maximum atomic E-state index is 13.5. The first kappa shape index (κ1) is 22.5. The average Bonchev–Trinajstić information content (AvgIpc) is 2.96. The Labute approximate surface area is 181 Å². The molecule has 1 unspecified atom stereocenters. The fraction of sp³-hybridized carbons (Fsp3) is 0.273. The normalized spacial score (nSPS) is 17.1. The van der Waals surface area contributed by atoms with Crippen LogP contribution in [0.2, 0.25) is 0 Å². The van der Waals surface area contributed by atoms with E-state index in [9.17, 15) is 18.0 Å². The second kappa shape index (κ2) is 9.32. The zero-order chi connectivity index (χ0) is 22.6. The van der Waals surface area contributed by atoms with Crippen LogP contribution < -0.4 is 9.64 Å². The summed E-state index contributed by atoms with van der Waals surface area (Å²) in [7, 11) is -1.42. The number of anilines is 1. The molecule has 1 aliphatic rings. The minimum Gasteiger partial charge on any atom is -0.497 e. The summed E-state index contributed by atoms with van der Waals surface area (Å²) < 4.78 is 38.2. The minimum absolute atomic E-state index is 0.00733. The largest absolute Gasteiger partial charge is 0.497 e. The number of esters is 1. The Balaban J connectivity index is 2.14. The van der Waals surface area contributed by atoms with Gasteiger partial charge >= 0.3 is 5.97 Å². The van der Waals surface area contributed by atoms with Gasteiger partial charge in [-0.25, -0.2) is 8.42 Å². The number of rotatable bonds is 5. The Morgan fingerprint density at radius 1 is 1.06 bits per heavy atom. The molecule has 0 N–H and O–H groups in total. The summed E-state index contributed by atoms with van der Waals surface area (Å²) in [6, 6.07) is 11.7. The van der Waals surface area contributed by atoms with Crippen LogP contribution in [0.1, 0.15) is 12.5 Å². The van der Waals surface area contributed by atoms with Crippen LogP contribution in [-0.2, 0) is 30.9 Å². The molecule has 2 aromatic carbocycles. The Bertz CT molecular complexity index is 1100. The number of hydrogen-bond acceptors (Lipinski definition) is 6. The highest BCUT2D eigenvalue weighted by atomic mass is 32.2. The van der Waals surface area contributed by atoms with E-state index in [0.717, 1.165) is 4.31 Å². The molecule has 0 saturated carbocycles. The number of ether oxygens (including phenoxy) is 2. The number of fused-ring (bicyclic) bond motifs is 1. The maximum absolute atomic E-state index is 13.5. The van der Waals surface area contributed by atoms with E-state index in [2.05, 4.69) is 0 Å². The number of sulfonamides is 1. The highest BCUT2D eigenvalue weighted by Gasteiger charge is 2.41. The van der Waals surface area contributed by atoms with E-state index in [1.165, 1.54) is 49.5 Å². The van der Waals surface area contributed by atoms with Gasteiger partial charge in [0.2, 0.25) is 10.0 Å². The molecule has 8 nitrogen and oxygen atoms in total. The third-order valence-corrected chi connectivity index (χ3v) is 6.90. The average molecular weight is 445 g/mol. The van der Waals surface area contributed by atoms with Crippen molar-refractivity contribution in [1.82, 2.24) is 4.31 Å². The monoisotopic (exact) mass is 444 g/mol. The van der Waals surface area contributed by atoms with Crippen molar-refractivity contribution in [1.29, 1.82) is 0 Å². The number of nitrogens with zero attached hydrogens (tertiary/aromatic N) is 2. The third kappa shape index (κ3) is 4.47. The number of para-hydroxylation sites is 1. The van der Waals surface area contributed by atoms with Gasteiger partial charge in [0.15, 0.2) is 0 Å². The van der Waals surface area contributed by atoms with Crippen LogP contribution in [-0.4, -0.2) is 51.4 Å². The van der Waals surface area contributed by atoms with Crippen LogP contribution >= 0.6 is 0 Å². The molecule has 9 heteroatoms. The van der Waals surface area contributed by atoms with Crippen molar-refractivity contribution in [2.24, 2.45) is 0 Å². The molecule has 0 aromatic heterocycles. The molecule has 0 aliphatic carbocycles. The highest BCUT2D eigenvalue weighted by Crippen LogP contribution is 2.32. The van der Waals surface area contributed by atoms with Gasteiger partial charge in [0, 0.05) is 12.2 Å². The predicted molar refractivity (Wildman–Crippen MR) is 115 cm³/mol. The molecule has 0 saturated heterocycles. The van der Waals surface area contributed by atoms with Gasteiger partial charge in [-0.1, -0.05) is 24.3 Å². The first-order valence-corrected chi connectivity index (χ1v) is 11.0. The van der Waals surface area contributed by atoms with Crippen molar-refractivity contribution in [3.63, 3.8) is 0 Å². The molecule has 1 amide bonds. The molecule has 31 heavy (non-hydrogen) atoms. The third-order valence-electron chi connectivity index (χ3n) is 5.03. The number of hydrogen-bond donors (Lipinski definition) is 0. The predicted octanol–water partition coefficient (Wildman–Crippen LogP) is 2.35. The smallest absolute Gasteiger partial charge is 0.326 e. The number of benzene rings is 2. The SMILES string of the molecule is C/C=C/C(=O)N1CC(C(=O)OC)N(S(=O)(=O)c2ccc(OC)cc2)Cc2ccccc21. The molecular weight excluding hydrogens is 420 g/mol. The molecule has 2 aromatic rings. The molecule has 0 spiro atoms. The summed E-state index contributed by atoms with van der Waals surface area (Å²) in [6.45, 7) is 1.44. The van der Waals surface area contributed by atoms with Gasteiger partial charge in [0.1, 0.15) is 11.8 Å². The van der Waals surface area contributed by atoms with E-state index in [1.807, 2.05) is 0 Å². The fourth-order valence-electron chi connectivity index (χ4n) is 3.45. The molecule has 164 valence electrons. The molecule has 1 aliphatic heterocycles. The summed E-state index contributed by atoms with van der Waals surface area (Å²) >= 11 is 0. The molecule has 3 rings (SSSR count). The van der Waals surface area contributed by atoms with Gasteiger partial charge in [-0.15, -0.1) is 0 Å². The van der Waals surface area contributed by atoms with Crippen LogP contribution in [0.4, 0.5) is 5.69 Å². The molecule has 0 bridgehead atoms. The van der Waals surface area contributed by atoms with Crippen molar-refractivity contribution in [3.8, 4) is 5.75 Å². The first-order valence-electron chi connectivity index (χ1n) is 9.59. The fourth-order valence-corrected chi connectivity index (χ4v) is 5.00. The van der Waals surface area contributed by atoms with Gasteiger partial charge in [-0.2, -0.15) is 4.31 Å². The second-order valence-corrected chi connectivity index (χ2v) is 8.73. The molecule has 1 heterocycles. The van der Waals surface area contributed by atoms with Crippen molar-refractivity contribution >= 4 is 27.6 Å². The lowest BCUT2D eigenvalue weighted by Gasteiger charge is -2.29. The van der Waals surface area contributed by atoms with Crippen molar-refractivity contribution < 1.29 is 27.5 Å². The van der Waals surface area contributed by atoms with Crippen molar-refractivity contribution in [3.05, 3.63) is 66.2 Å². The lowest BCUT2D eigenvalue weighted by molar-refractivity contribution is -0.144.